The molecule has 2 N–H and O–H groups in total. The maximum atomic E-state index is 14.9. The van der Waals surface area contributed by atoms with Crippen molar-refractivity contribution in [1.29, 1.82) is 0 Å². The Morgan fingerprint density at radius 3 is 2.62 bits per heavy atom. The first-order valence-corrected chi connectivity index (χ1v) is 13.0. The Morgan fingerprint density at radius 1 is 1.13 bits per heavy atom. The van der Waals surface area contributed by atoms with Crippen molar-refractivity contribution < 1.29 is 27.9 Å². The second kappa shape index (κ2) is 9.53. The number of rotatable bonds is 7. The molecule has 2 fully saturated rings. The predicted octanol–water partition coefficient (Wildman–Crippen LogP) is 2.20. The number of furan rings is 1. The van der Waals surface area contributed by atoms with Crippen molar-refractivity contribution in [3.05, 3.63) is 53.0 Å². The third-order valence-corrected chi connectivity index (χ3v) is 7.66. The van der Waals surface area contributed by atoms with Crippen LogP contribution in [-0.4, -0.2) is 79.0 Å². The molecule has 12 heteroatoms. The molecule has 0 radical (unpaired) electrons. The molecule has 0 aliphatic carbocycles. The fraction of sp³-hybridized carbons (Fsp3) is 0.407. The summed E-state index contributed by atoms with van der Waals surface area (Å²) in [6.07, 6.45) is 1.12. The first-order chi connectivity index (χ1) is 18.8. The number of methoxy groups -OCH3 is 1. The first-order valence-electron chi connectivity index (χ1n) is 13.0. The van der Waals surface area contributed by atoms with Gasteiger partial charge in [0.05, 0.1) is 19.2 Å². The second-order valence-electron chi connectivity index (χ2n) is 10.1. The number of aromatic nitrogens is 1. The highest BCUT2D eigenvalue weighted by Crippen LogP contribution is 2.36. The van der Waals surface area contributed by atoms with Gasteiger partial charge in [-0.15, -0.1) is 0 Å². The van der Waals surface area contributed by atoms with Crippen LogP contribution in [-0.2, 0) is 16.9 Å². The number of nitrogens with zero attached hydrogens (tertiary/aromatic N) is 4. The lowest BCUT2D eigenvalue weighted by Gasteiger charge is -2.35. The molecule has 3 aromatic rings. The third-order valence-electron chi connectivity index (χ3n) is 7.66. The molecule has 1 aromatic carbocycles. The van der Waals surface area contributed by atoms with Gasteiger partial charge in [0.1, 0.15) is 17.1 Å². The number of anilines is 1. The summed E-state index contributed by atoms with van der Waals surface area (Å²) in [4.78, 5) is 49.5. The highest BCUT2D eigenvalue weighted by molar-refractivity contribution is 6.08. The molecule has 0 saturated carbocycles. The number of hydrogen-bond donors (Lipinski definition) is 2. The van der Waals surface area contributed by atoms with Crippen LogP contribution in [0.3, 0.4) is 0 Å². The van der Waals surface area contributed by atoms with E-state index in [1.54, 1.807) is 18.2 Å². The lowest BCUT2D eigenvalue weighted by Crippen LogP contribution is -2.52. The number of fused-ring (bicyclic) bond motifs is 2. The molecular formula is C27H29FN6O5. The van der Waals surface area contributed by atoms with Gasteiger partial charge in [-0.05, 0) is 36.7 Å². The Kier molecular flexibility index (Phi) is 6.13. The van der Waals surface area contributed by atoms with E-state index >= 15 is 0 Å². The van der Waals surface area contributed by atoms with Crippen LogP contribution in [0.5, 0.6) is 5.75 Å². The van der Waals surface area contributed by atoms with Crippen molar-refractivity contribution >= 4 is 34.8 Å². The van der Waals surface area contributed by atoms with Crippen molar-refractivity contribution in [2.75, 3.05) is 51.3 Å². The van der Waals surface area contributed by atoms with E-state index in [9.17, 15) is 18.8 Å². The van der Waals surface area contributed by atoms with E-state index < -0.39 is 29.2 Å². The van der Waals surface area contributed by atoms with Crippen LogP contribution in [0.4, 0.5) is 15.0 Å². The predicted molar refractivity (Wildman–Crippen MR) is 139 cm³/mol. The molecule has 2 saturated heterocycles. The molecule has 5 heterocycles. The van der Waals surface area contributed by atoms with Gasteiger partial charge >= 0.3 is 6.03 Å². The Hall–Kier alpha value is -4.19. The summed E-state index contributed by atoms with van der Waals surface area (Å²) in [7, 11) is 1.32. The summed E-state index contributed by atoms with van der Waals surface area (Å²) in [5.74, 6) is -1.13. The van der Waals surface area contributed by atoms with Gasteiger partial charge in [-0.3, -0.25) is 19.8 Å². The zero-order valence-corrected chi connectivity index (χ0v) is 21.8. The Morgan fingerprint density at radius 2 is 1.92 bits per heavy atom. The van der Waals surface area contributed by atoms with Crippen LogP contribution in [0.15, 0.2) is 34.7 Å². The lowest BCUT2D eigenvalue weighted by molar-refractivity contribution is -0.125. The van der Waals surface area contributed by atoms with Crippen molar-refractivity contribution in [1.82, 2.24) is 25.4 Å². The molecule has 11 nitrogen and oxygen atoms in total. The molecule has 1 atom stereocenters. The summed E-state index contributed by atoms with van der Waals surface area (Å²) in [6, 6.07) is 7.65. The number of piperazine rings is 1. The minimum absolute atomic E-state index is 0.0449. The standard InChI is InChI=1S/C27H29FN6O5/c1-3-8-32-9-11-33(12-10-32)21-7-6-18-17(29-21)13-20(39-18)27(25(36)30-26(37)31-27)15-34-14-16-4-5-19(38-2)23(28)22(16)24(34)35/h4-7,13H,3,8-12,14-15H2,1-2H3,(H2,30,31,36,37)/t27-/m0/s1. The molecule has 0 bridgehead atoms. The normalized spacial score (nSPS) is 21.5. The van der Waals surface area contributed by atoms with Gasteiger partial charge in [-0.1, -0.05) is 13.0 Å². The Bertz CT molecular complexity index is 1480. The minimum Gasteiger partial charge on any atom is -0.494 e. The van der Waals surface area contributed by atoms with Gasteiger partial charge in [0.25, 0.3) is 11.8 Å². The molecule has 0 unspecified atom stereocenters. The van der Waals surface area contributed by atoms with E-state index in [0.29, 0.717) is 16.7 Å². The number of amides is 4. The number of carbonyl (C=O) groups is 3. The fourth-order valence-corrected chi connectivity index (χ4v) is 5.64. The van der Waals surface area contributed by atoms with Crippen LogP contribution in [0.2, 0.25) is 0 Å². The molecule has 204 valence electrons. The van der Waals surface area contributed by atoms with E-state index in [1.807, 2.05) is 6.07 Å². The molecule has 3 aliphatic heterocycles. The van der Waals surface area contributed by atoms with Gasteiger partial charge in [-0.25, -0.2) is 14.2 Å². The molecular weight excluding hydrogens is 507 g/mol. The molecule has 39 heavy (non-hydrogen) atoms. The van der Waals surface area contributed by atoms with Gasteiger partial charge in [0.15, 0.2) is 22.7 Å². The monoisotopic (exact) mass is 536 g/mol. The number of carbonyl (C=O) groups excluding carboxylic acids is 3. The van der Waals surface area contributed by atoms with Crippen LogP contribution >= 0.6 is 0 Å². The maximum absolute atomic E-state index is 14.9. The third kappa shape index (κ3) is 4.15. The maximum Gasteiger partial charge on any atom is 0.322 e. The number of pyridine rings is 1. The first kappa shape index (κ1) is 25.1. The number of ether oxygens (including phenoxy) is 1. The van der Waals surface area contributed by atoms with Gasteiger partial charge in [0, 0.05) is 38.8 Å². The quantitative estimate of drug-likeness (QED) is 0.441. The van der Waals surface area contributed by atoms with Crippen molar-refractivity contribution in [2.24, 2.45) is 0 Å². The number of hydrogen-bond acceptors (Lipinski definition) is 8. The largest absolute Gasteiger partial charge is 0.494 e. The van der Waals surface area contributed by atoms with E-state index in [0.717, 1.165) is 45.0 Å². The number of imide groups is 1. The Labute approximate surface area is 223 Å². The van der Waals surface area contributed by atoms with E-state index in [4.69, 9.17) is 14.1 Å². The topological polar surface area (TPSA) is 120 Å². The molecule has 0 spiro atoms. The minimum atomic E-state index is -1.71. The highest BCUT2D eigenvalue weighted by Gasteiger charge is 2.53. The Balaban J connectivity index is 1.30. The number of nitrogens with one attached hydrogen (secondary N) is 2. The molecule has 3 aliphatic rings. The molecule has 6 rings (SSSR count). The van der Waals surface area contributed by atoms with E-state index in [2.05, 4.69) is 27.4 Å². The molecule has 4 amide bonds. The van der Waals surface area contributed by atoms with Gasteiger partial charge in [-0.2, -0.15) is 0 Å². The molecule has 2 aromatic heterocycles. The van der Waals surface area contributed by atoms with Crippen molar-refractivity contribution in [3.8, 4) is 5.75 Å². The number of urea groups is 1. The summed E-state index contributed by atoms with van der Waals surface area (Å²) in [5, 5.41) is 4.90. The number of halogens is 1. The zero-order valence-electron chi connectivity index (χ0n) is 21.8. The smallest absolute Gasteiger partial charge is 0.322 e. The summed E-state index contributed by atoms with van der Waals surface area (Å²) < 4.78 is 26.0. The van der Waals surface area contributed by atoms with Crippen LogP contribution in [0.25, 0.3) is 11.1 Å². The zero-order chi connectivity index (χ0) is 27.3. The van der Waals surface area contributed by atoms with E-state index in [1.165, 1.54) is 18.1 Å². The van der Waals surface area contributed by atoms with Crippen LogP contribution in [0, 0.1) is 5.82 Å². The fourth-order valence-electron chi connectivity index (χ4n) is 5.64. The lowest BCUT2D eigenvalue weighted by atomic mass is 9.95. The number of benzene rings is 1. The van der Waals surface area contributed by atoms with Gasteiger partial charge in [0.2, 0.25) is 0 Å². The average molecular weight is 537 g/mol. The summed E-state index contributed by atoms with van der Waals surface area (Å²) >= 11 is 0. The second-order valence-corrected chi connectivity index (χ2v) is 10.1. The summed E-state index contributed by atoms with van der Waals surface area (Å²) in [5.41, 5.74) is -0.378. The van der Waals surface area contributed by atoms with Crippen molar-refractivity contribution in [3.63, 3.8) is 0 Å². The van der Waals surface area contributed by atoms with Crippen LogP contribution in [0.1, 0.15) is 35.0 Å². The highest BCUT2D eigenvalue weighted by atomic mass is 19.1. The SMILES string of the molecule is CCCN1CCN(c2ccc3oc([C@]4(CN5Cc6ccc(OC)c(F)c6C5=O)NC(=O)NC4=O)cc3n2)CC1. The van der Waals surface area contributed by atoms with Crippen molar-refractivity contribution in [2.45, 2.75) is 25.4 Å². The summed E-state index contributed by atoms with van der Waals surface area (Å²) in [6.45, 7) is 6.67. The van der Waals surface area contributed by atoms with Crippen LogP contribution < -0.4 is 20.3 Å². The average Bonchev–Trinajstić information content (AvgIpc) is 3.58. The van der Waals surface area contributed by atoms with E-state index in [-0.39, 0.29) is 30.2 Å². The van der Waals surface area contributed by atoms with Gasteiger partial charge < -0.3 is 24.3 Å².